The van der Waals surface area contributed by atoms with Crippen LogP contribution in [-0.2, 0) is 6.61 Å². The van der Waals surface area contributed by atoms with E-state index in [0.29, 0.717) is 28.2 Å². The Bertz CT molecular complexity index is 1280. The van der Waals surface area contributed by atoms with Gasteiger partial charge in [0, 0.05) is 22.3 Å². The molecule has 1 aromatic heterocycles. The van der Waals surface area contributed by atoms with Gasteiger partial charge >= 0.3 is 0 Å². The van der Waals surface area contributed by atoms with Gasteiger partial charge in [0.15, 0.2) is 0 Å². The molecular formula is C24H16O4. The number of rotatable bonds is 2. The predicted molar refractivity (Wildman–Crippen MR) is 106 cm³/mol. The summed E-state index contributed by atoms with van der Waals surface area (Å²) < 4.78 is 6.11. The van der Waals surface area contributed by atoms with Crippen LogP contribution >= 0.6 is 0 Å². The van der Waals surface area contributed by atoms with Crippen LogP contribution in [0.4, 0.5) is 0 Å². The van der Waals surface area contributed by atoms with Crippen molar-refractivity contribution in [2.75, 3.05) is 0 Å². The van der Waals surface area contributed by atoms with Crippen LogP contribution in [0.2, 0.25) is 0 Å². The summed E-state index contributed by atoms with van der Waals surface area (Å²) in [5, 5.41) is 11.6. The van der Waals surface area contributed by atoms with Crippen molar-refractivity contribution in [3.63, 3.8) is 0 Å². The first-order valence-corrected chi connectivity index (χ1v) is 9.05. The lowest BCUT2D eigenvalue weighted by molar-refractivity contribution is 0.0814. The summed E-state index contributed by atoms with van der Waals surface area (Å²) in [6.07, 6.45) is 0. The van der Waals surface area contributed by atoms with Gasteiger partial charge in [-0.1, -0.05) is 54.6 Å². The summed E-state index contributed by atoms with van der Waals surface area (Å²) in [5.74, 6) is -0.419. The molecule has 0 amide bonds. The Labute approximate surface area is 161 Å². The molecule has 4 heteroatoms. The van der Waals surface area contributed by atoms with Crippen molar-refractivity contribution in [1.29, 1.82) is 0 Å². The molecule has 0 spiro atoms. The normalized spacial score (nSPS) is 12.9. The minimum atomic E-state index is -0.633. The molecule has 1 heterocycles. The summed E-state index contributed by atoms with van der Waals surface area (Å²) in [6, 6.07) is 18.8. The Balaban J connectivity index is 1.87. The van der Waals surface area contributed by atoms with Crippen molar-refractivity contribution < 1.29 is 19.1 Å². The zero-order chi connectivity index (χ0) is 19.4. The molecule has 4 aromatic rings. The number of hydrogen-bond donors (Lipinski definition) is 1. The van der Waals surface area contributed by atoms with E-state index in [4.69, 9.17) is 4.42 Å². The molecule has 0 unspecified atom stereocenters. The van der Waals surface area contributed by atoms with Gasteiger partial charge in [0.1, 0.15) is 11.5 Å². The molecule has 0 radical (unpaired) electrons. The fourth-order valence-electron chi connectivity index (χ4n) is 4.04. The van der Waals surface area contributed by atoms with Crippen LogP contribution < -0.4 is 0 Å². The number of aliphatic hydroxyl groups excluding tert-OH is 1. The molecule has 0 bridgehead atoms. The first kappa shape index (κ1) is 16.7. The molecule has 136 valence electrons. The summed E-state index contributed by atoms with van der Waals surface area (Å²) in [7, 11) is 0. The van der Waals surface area contributed by atoms with Gasteiger partial charge in [0.25, 0.3) is 0 Å². The molecule has 1 N–H and O–H groups in total. The van der Waals surface area contributed by atoms with Crippen molar-refractivity contribution in [3.8, 4) is 22.6 Å². The third-order valence-electron chi connectivity index (χ3n) is 5.39. The molecule has 5 rings (SSSR count). The lowest BCUT2D eigenvalue weighted by atomic mass is 9.83. The van der Waals surface area contributed by atoms with Crippen molar-refractivity contribution >= 4 is 22.3 Å². The molecule has 0 saturated carbocycles. The lowest BCUT2D eigenvalue weighted by Gasteiger charge is -2.17. The summed E-state index contributed by atoms with van der Waals surface area (Å²) >= 11 is 0. The minimum Gasteiger partial charge on any atom is -0.455 e. The quantitative estimate of drug-likeness (QED) is 0.509. The van der Waals surface area contributed by atoms with E-state index in [0.717, 1.165) is 21.9 Å². The molecule has 1 aliphatic carbocycles. The Morgan fingerprint density at radius 1 is 0.786 bits per heavy atom. The van der Waals surface area contributed by atoms with Crippen molar-refractivity contribution in [2.24, 2.45) is 0 Å². The minimum absolute atomic E-state index is 0.172. The fraction of sp³-hybridized carbons (Fsp3) is 0.0833. The number of furan rings is 1. The van der Waals surface area contributed by atoms with E-state index < -0.39 is 11.6 Å². The largest absolute Gasteiger partial charge is 0.455 e. The maximum Gasteiger partial charge on any atom is 0.237 e. The molecule has 1 aliphatic rings. The van der Waals surface area contributed by atoms with Crippen LogP contribution in [0.1, 0.15) is 31.8 Å². The smallest absolute Gasteiger partial charge is 0.237 e. The number of aryl methyl sites for hydroxylation is 1. The Hall–Kier alpha value is -3.50. The maximum absolute atomic E-state index is 13.0. The first-order chi connectivity index (χ1) is 13.6. The highest BCUT2D eigenvalue weighted by molar-refractivity contribution is 6.54. The molecule has 0 saturated heterocycles. The zero-order valence-corrected chi connectivity index (χ0v) is 15.2. The van der Waals surface area contributed by atoms with Gasteiger partial charge in [-0.2, -0.15) is 0 Å². The van der Waals surface area contributed by atoms with Crippen LogP contribution in [0.25, 0.3) is 33.4 Å². The molecule has 3 aromatic carbocycles. The second-order valence-electron chi connectivity index (χ2n) is 6.95. The van der Waals surface area contributed by atoms with E-state index in [-0.39, 0.29) is 12.2 Å². The van der Waals surface area contributed by atoms with Gasteiger partial charge in [-0.25, -0.2) is 0 Å². The fourth-order valence-corrected chi connectivity index (χ4v) is 4.04. The topological polar surface area (TPSA) is 67.5 Å². The number of aliphatic hydroxyl groups is 1. The number of carbonyl (C=O) groups is 2. The van der Waals surface area contributed by atoms with Gasteiger partial charge in [0.2, 0.25) is 11.6 Å². The number of benzene rings is 3. The Morgan fingerprint density at radius 2 is 1.54 bits per heavy atom. The molecule has 4 nitrogen and oxygen atoms in total. The molecule has 28 heavy (non-hydrogen) atoms. The van der Waals surface area contributed by atoms with Crippen molar-refractivity contribution in [1.82, 2.24) is 0 Å². The third kappa shape index (κ3) is 2.15. The van der Waals surface area contributed by atoms with E-state index in [2.05, 4.69) is 0 Å². The van der Waals surface area contributed by atoms with Crippen LogP contribution in [0.3, 0.4) is 0 Å². The Kier molecular flexibility index (Phi) is 3.57. The molecular weight excluding hydrogens is 352 g/mol. The number of Topliss-reactive ketones (excluding diaryl/α,β-unsaturated/α-hetero) is 2. The third-order valence-corrected chi connectivity index (χ3v) is 5.39. The number of ketones is 2. The highest BCUT2D eigenvalue weighted by Gasteiger charge is 2.38. The first-order valence-electron chi connectivity index (χ1n) is 9.05. The van der Waals surface area contributed by atoms with E-state index in [1.807, 2.05) is 67.6 Å². The molecule has 0 fully saturated rings. The second kappa shape index (κ2) is 6.01. The lowest BCUT2D eigenvalue weighted by Crippen LogP contribution is -2.22. The van der Waals surface area contributed by atoms with Crippen LogP contribution in [-0.4, -0.2) is 16.7 Å². The van der Waals surface area contributed by atoms with E-state index in [1.165, 1.54) is 0 Å². The van der Waals surface area contributed by atoms with Crippen molar-refractivity contribution in [3.05, 3.63) is 82.9 Å². The zero-order valence-electron chi connectivity index (χ0n) is 15.2. The van der Waals surface area contributed by atoms with Gasteiger partial charge in [0.05, 0.1) is 12.2 Å². The average Bonchev–Trinajstić information content (AvgIpc) is 3.12. The Morgan fingerprint density at radius 3 is 2.29 bits per heavy atom. The summed E-state index contributed by atoms with van der Waals surface area (Å²) in [5.41, 5.74) is 3.28. The second-order valence-corrected chi connectivity index (χ2v) is 6.95. The van der Waals surface area contributed by atoms with E-state index >= 15 is 0 Å². The SMILES string of the molecule is Cc1cccc2c3c(ccc12)-c1oc(-c2ccccc2)c(CO)c1C(=O)C3=O. The molecule has 0 atom stereocenters. The number of carbonyl (C=O) groups excluding carboxylic acids is 2. The van der Waals surface area contributed by atoms with Gasteiger partial charge in [-0.15, -0.1) is 0 Å². The highest BCUT2D eigenvalue weighted by atomic mass is 16.3. The van der Waals surface area contributed by atoms with E-state index in [1.54, 1.807) is 0 Å². The van der Waals surface area contributed by atoms with Crippen molar-refractivity contribution in [2.45, 2.75) is 13.5 Å². The van der Waals surface area contributed by atoms with Crippen LogP contribution in [0.15, 0.2) is 65.1 Å². The van der Waals surface area contributed by atoms with Gasteiger partial charge in [-0.05, 0) is 29.3 Å². The standard InChI is InChI=1S/C24H16O4/c1-13-6-5-9-16-15(13)10-11-17-19(16)21(26)22(27)20-18(12-25)23(28-24(17)20)14-7-3-2-4-8-14/h2-11,25H,12H2,1H3. The summed E-state index contributed by atoms with van der Waals surface area (Å²) in [6.45, 7) is 1.59. The number of hydrogen-bond acceptors (Lipinski definition) is 4. The van der Waals surface area contributed by atoms with E-state index in [9.17, 15) is 14.7 Å². The predicted octanol–water partition coefficient (Wildman–Crippen LogP) is 4.95. The summed E-state index contributed by atoms with van der Waals surface area (Å²) in [4.78, 5) is 26.1. The average molecular weight is 368 g/mol. The highest BCUT2D eigenvalue weighted by Crippen LogP contribution is 2.44. The van der Waals surface area contributed by atoms with Crippen LogP contribution in [0.5, 0.6) is 0 Å². The monoisotopic (exact) mass is 368 g/mol. The molecule has 0 aliphatic heterocycles. The van der Waals surface area contributed by atoms with Crippen LogP contribution in [0, 0.1) is 6.92 Å². The van der Waals surface area contributed by atoms with Gasteiger partial charge in [-0.3, -0.25) is 9.59 Å². The van der Waals surface area contributed by atoms with Gasteiger partial charge < -0.3 is 9.52 Å². The maximum atomic E-state index is 13.0. The number of fused-ring (bicyclic) bond motifs is 5.